The summed E-state index contributed by atoms with van der Waals surface area (Å²) in [5.41, 5.74) is 1.66. The fraction of sp³-hybridized carbons (Fsp3) is 0.556. The van der Waals surface area contributed by atoms with Gasteiger partial charge >= 0.3 is 0 Å². The van der Waals surface area contributed by atoms with E-state index in [4.69, 9.17) is 5.26 Å². The Kier molecular flexibility index (Phi) is 7.61. The molecule has 2 N–H and O–H groups in total. The number of hydrogen-bond donors (Lipinski definition) is 2. The largest absolute Gasteiger partial charge is 0.357 e. The van der Waals surface area contributed by atoms with Gasteiger partial charge in [-0.25, -0.2) is 13.8 Å². The van der Waals surface area contributed by atoms with Crippen molar-refractivity contribution in [2.45, 2.75) is 38.8 Å². The molecular weight excluding hydrogens is 324 g/mol. The van der Waals surface area contributed by atoms with Gasteiger partial charge in [0.2, 0.25) is 0 Å². The third-order valence-electron chi connectivity index (χ3n) is 4.17. The molecule has 1 aromatic rings. The number of nitriles is 1. The van der Waals surface area contributed by atoms with Gasteiger partial charge in [-0.3, -0.25) is 4.90 Å². The summed E-state index contributed by atoms with van der Waals surface area (Å²) in [6, 6.07) is 9.70. The van der Waals surface area contributed by atoms with Crippen LogP contribution in [-0.4, -0.2) is 49.5 Å². The first-order valence-corrected chi connectivity index (χ1v) is 8.65. The van der Waals surface area contributed by atoms with E-state index >= 15 is 0 Å². The number of likely N-dealkylation sites (tertiary alicyclic amines) is 1. The molecule has 0 spiro atoms. The Labute approximate surface area is 147 Å². The molecule has 0 amide bonds. The lowest BCUT2D eigenvalue weighted by Gasteiger charge is -2.32. The zero-order valence-corrected chi connectivity index (χ0v) is 14.5. The number of nitrogens with zero attached hydrogens (tertiary/aromatic N) is 3. The Hall–Kier alpha value is -2.20. The molecule has 1 fully saturated rings. The minimum Gasteiger partial charge on any atom is -0.357 e. The lowest BCUT2D eigenvalue weighted by atomic mass is 10.1. The van der Waals surface area contributed by atoms with E-state index in [0.29, 0.717) is 25.2 Å². The zero-order valence-electron chi connectivity index (χ0n) is 14.5. The fourth-order valence-electron chi connectivity index (χ4n) is 2.82. The minimum absolute atomic E-state index is 0.139. The maximum atomic E-state index is 12.4. The normalized spacial score (nSPS) is 16.7. The van der Waals surface area contributed by atoms with E-state index in [2.05, 4.69) is 21.7 Å². The van der Waals surface area contributed by atoms with E-state index in [1.54, 1.807) is 12.1 Å². The molecule has 5 nitrogen and oxygen atoms in total. The van der Waals surface area contributed by atoms with Gasteiger partial charge in [-0.05, 0) is 37.5 Å². The second kappa shape index (κ2) is 9.94. The predicted octanol–water partition coefficient (Wildman–Crippen LogP) is 2.34. The highest BCUT2D eigenvalue weighted by Gasteiger charge is 2.21. The smallest absolute Gasteiger partial charge is 0.251 e. The van der Waals surface area contributed by atoms with Gasteiger partial charge in [0.25, 0.3) is 6.43 Å². The zero-order chi connectivity index (χ0) is 18.1. The van der Waals surface area contributed by atoms with Gasteiger partial charge in [0.05, 0.1) is 24.7 Å². The Morgan fingerprint density at radius 1 is 1.32 bits per heavy atom. The Morgan fingerprint density at radius 2 is 2.00 bits per heavy atom. The molecule has 1 aliphatic heterocycles. The molecule has 2 rings (SSSR count). The van der Waals surface area contributed by atoms with E-state index in [1.165, 1.54) is 0 Å². The van der Waals surface area contributed by atoms with Gasteiger partial charge < -0.3 is 10.6 Å². The maximum Gasteiger partial charge on any atom is 0.251 e. The molecule has 7 heteroatoms. The summed E-state index contributed by atoms with van der Waals surface area (Å²) in [6.45, 7) is 4.49. The van der Waals surface area contributed by atoms with Gasteiger partial charge in [0.15, 0.2) is 5.96 Å². The van der Waals surface area contributed by atoms with Gasteiger partial charge in [0.1, 0.15) is 0 Å². The first kappa shape index (κ1) is 19.1. The van der Waals surface area contributed by atoms with Crippen molar-refractivity contribution in [1.82, 2.24) is 15.5 Å². The molecule has 1 aromatic carbocycles. The second-order valence-corrected chi connectivity index (χ2v) is 6.11. The van der Waals surface area contributed by atoms with Crippen molar-refractivity contribution < 1.29 is 8.78 Å². The van der Waals surface area contributed by atoms with Crippen molar-refractivity contribution in [3.8, 4) is 6.07 Å². The lowest BCUT2D eigenvalue weighted by molar-refractivity contribution is 0.0744. The highest BCUT2D eigenvalue weighted by molar-refractivity contribution is 5.80. The fourth-order valence-corrected chi connectivity index (χ4v) is 2.82. The summed E-state index contributed by atoms with van der Waals surface area (Å²) in [4.78, 5) is 6.39. The first-order chi connectivity index (χ1) is 12.1. The molecule has 0 atom stereocenters. The molecule has 1 heterocycles. The van der Waals surface area contributed by atoms with Crippen molar-refractivity contribution in [3.63, 3.8) is 0 Å². The summed E-state index contributed by atoms with van der Waals surface area (Å²) >= 11 is 0. The number of hydrogen-bond acceptors (Lipinski definition) is 3. The van der Waals surface area contributed by atoms with Crippen LogP contribution in [0.3, 0.4) is 0 Å². The average Bonchev–Trinajstić information content (AvgIpc) is 2.61. The molecular formula is C18H25F2N5. The molecule has 1 aliphatic rings. The number of piperidine rings is 1. The Balaban J connectivity index is 1.86. The van der Waals surface area contributed by atoms with Crippen LogP contribution < -0.4 is 10.6 Å². The Bertz CT molecular complexity index is 586. The summed E-state index contributed by atoms with van der Waals surface area (Å²) in [6.07, 6.45) is -0.613. The standard InChI is InChI=1S/C18H25F2N5/c1-2-22-18(23-12-15-5-3-14(11-21)4-6-15)24-16-7-9-25(10-8-16)13-17(19)20/h3-6,16-17H,2,7-10,12-13H2,1H3,(H2,22,23,24). The van der Waals surface area contributed by atoms with Crippen LogP contribution >= 0.6 is 0 Å². The van der Waals surface area contributed by atoms with Gasteiger partial charge in [-0.15, -0.1) is 0 Å². The molecule has 0 unspecified atom stereocenters. The molecule has 0 aliphatic carbocycles. The molecule has 0 radical (unpaired) electrons. The predicted molar refractivity (Wildman–Crippen MR) is 94.6 cm³/mol. The second-order valence-electron chi connectivity index (χ2n) is 6.11. The topological polar surface area (TPSA) is 63.5 Å². The van der Waals surface area contributed by atoms with Crippen molar-refractivity contribution in [1.29, 1.82) is 5.26 Å². The molecule has 0 aromatic heterocycles. The maximum absolute atomic E-state index is 12.4. The van der Waals surface area contributed by atoms with Gasteiger partial charge in [0, 0.05) is 25.7 Å². The number of aliphatic imine (C=N–C) groups is 1. The quantitative estimate of drug-likeness (QED) is 0.611. The summed E-state index contributed by atoms with van der Waals surface area (Å²) in [5.74, 6) is 0.735. The number of nitrogens with one attached hydrogen (secondary N) is 2. The van der Waals surface area contributed by atoms with Crippen molar-refractivity contribution in [3.05, 3.63) is 35.4 Å². The van der Waals surface area contributed by atoms with Crippen LogP contribution in [0.1, 0.15) is 30.9 Å². The number of rotatable bonds is 6. The Morgan fingerprint density at radius 3 is 2.56 bits per heavy atom. The monoisotopic (exact) mass is 349 g/mol. The number of benzene rings is 1. The van der Waals surface area contributed by atoms with Crippen molar-refractivity contribution in [2.24, 2.45) is 4.99 Å². The molecule has 1 saturated heterocycles. The van der Waals surface area contributed by atoms with Crippen LogP contribution in [0.25, 0.3) is 0 Å². The summed E-state index contributed by atoms with van der Waals surface area (Å²) < 4.78 is 24.9. The molecule has 0 saturated carbocycles. The average molecular weight is 349 g/mol. The minimum atomic E-state index is -2.27. The number of alkyl halides is 2. The van der Waals surface area contributed by atoms with Gasteiger partial charge in [-0.2, -0.15) is 5.26 Å². The highest BCUT2D eigenvalue weighted by Crippen LogP contribution is 2.12. The highest BCUT2D eigenvalue weighted by atomic mass is 19.3. The van der Waals surface area contributed by atoms with Crippen LogP contribution in [0.4, 0.5) is 8.78 Å². The van der Waals surface area contributed by atoms with Crippen molar-refractivity contribution >= 4 is 5.96 Å². The van der Waals surface area contributed by atoms with E-state index in [1.807, 2.05) is 24.0 Å². The van der Waals surface area contributed by atoms with Crippen LogP contribution in [0.2, 0.25) is 0 Å². The van der Waals surface area contributed by atoms with Crippen molar-refractivity contribution in [2.75, 3.05) is 26.2 Å². The molecule has 136 valence electrons. The summed E-state index contributed by atoms with van der Waals surface area (Å²) in [7, 11) is 0. The van der Waals surface area contributed by atoms with E-state index in [-0.39, 0.29) is 12.6 Å². The van der Waals surface area contributed by atoms with E-state index in [0.717, 1.165) is 30.9 Å². The molecule has 25 heavy (non-hydrogen) atoms. The van der Waals surface area contributed by atoms with Crippen LogP contribution in [-0.2, 0) is 6.54 Å². The van der Waals surface area contributed by atoms with Crippen LogP contribution in [0, 0.1) is 11.3 Å². The van der Waals surface area contributed by atoms with E-state index in [9.17, 15) is 8.78 Å². The lowest BCUT2D eigenvalue weighted by Crippen LogP contribution is -2.49. The third kappa shape index (κ3) is 6.67. The SMILES string of the molecule is CCNC(=NCc1ccc(C#N)cc1)NC1CCN(CC(F)F)CC1. The number of guanidine groups is 1. The third-order valence-corrected chi connectivity index (χ3v) is 4.17. The molecule has 0 bridgehead atoms. The summed E-state index contributed by atoms with van der Waals surface area (Å²) in [5, 5.41) is 15.4. The van der Waals surface area contributed by atoms with E-state index < -0.39 is 6.43 Å². The van der Waals surface area contributed by atoms with Crippen LogP contribution in [0.15, 0.2) is 29.3 Å². The number of halogens is 2. The van der Waals surface area contributed by atoms with Gasteiger partial charge in [-0.1, -0.05) is 12.1 Å². The van der Waals surface area contributed by atoms with Crippen LogP contribution in [0.5, 0.6) is 0 Å². The first-order valence-electron chi connectivity index (χ1n) is 8.65.